The molecule has 0 spiro atoms. The van der Waals surface area contributed by atoms with Crippen molar-refractivity contribution >= 4 is 45.5 Å². The summed E-state index contributed by atoms with van der Waals surface area (Å²) in [5.74, 6) is 0.512. The predicted molar refractivity (Wildman–Crippen MR) is 109 cm³/mol. The van der Waals surface area contributed by atoms with Crippen molar-refractivity contribution in [3.05, 3.63) is 25.0 Å². The molecule has 0 bridgehead atoms. The summed E-state index contributed by atoms with van der Waals surface area (Å²) in [5, 5.41) is 0. The molecule has 2 heterocycles. The lowest BCUT2D eigenvalue weighted by atomic mass is 9.78. The van der Waals surface area contributed by atoms with Gasteiger partial charge in [0, 0.05) is 18.7 Å². The molecule has 0 saturated heterocycles. The summed E-state index contributed by atoms with van der Waals surface area (Å²) in [6.07, 6.45) is 7.74. The van der Waals surface area contributed by atoms with Gasteiger partial charge in [0.25, 0.3) is 0 Å². The molecule has 3 rings (SSSR count). The summed E-state index contributed by atoms with van der Waals surface area (Å²) in [6, 6.07) is 2.19. The van der Waals surface area contributed by atoms with Crippen molar-refractivity contribution in [2.45, 2.75) is 45.4 Å². The van der Waals surface area contributed by atoms with Gasteiger partial charge in [0.05, 0.1) is 9.99 Å². The standard InChI is InChI=1S/C19H26INO2S/c1-3-21-10-9-14(16(12-21)13-7-5-4-6-8-13)15-11-17(20)24-18(15)19(22)23-2/h11,13H,3-10,12H2,1-2H3. The van der Waals surface area contributed by atoms with Crippen LogP contribution >= 0.6 is 33.9 Å². The number of methoxy groups -OCH3 is 1. The minimum atomic E-state index is -0.189. The molecular weight excluding hydrogens is 433 g/mol. The number of rotatable bonds is 4. The Morgan fingerprint density at radius 3 is 2.79 bits per heavy atom. The molecule has 0 unspecified atom stereocenters. The van der Waals surface area contributed by atoms with E-state index in [-0.39, 0.29) is 5.97 Å². The van der Waals surface area contributed by atoms with E-state index in [2.05, 4.69) is 40.5 Å². The quantitative estimate of drug-likeness (QED) is 0.458. The Balaban J connectivity index is 2.03. The predicted octanol–water partition coefficient (Wildman–Crippen LogP) is 5.20. The van der Waals surface area contributed by atoms with Crippen molar-refractivity contribution < 1.29 is 9.53 Å². The van der Waals surface area contributed by atoms with E-state index in [9.17, 15) is 4.79 Å². The minimum absolute atomic E-state index is 0.189. The van der Waals surface area contributed by atoms with Crippen LogP contribution < -0.4 is 0 Å². The first-order valence-corrected chi connectivity index (χ1v) is 10.9. The smallest absolute Gasteiger partial charge is 0.348 e. The molecule has 1 aromatic rings. The molecule has 1 saturated carbocycles. The van der Waals surface area contributed by atoms with Crippen LogP contribution in [0.15, 0.2) is 11.6 Å². The fourth-order valence-corrected chi connectivity index (χ4v) is 5.88. The fourth-order valence-electron chi connectivity index (χ4n) is 4.08. The Hall–Kier alpha value is -0.400. The van der Waals surface area contributed by atoms with Gasteiger partial charge >= 0.3 is 5.97 Å². The van der Waals surface area contributed by atoms with E-state index in [1.165, 1.54) is 44.8 Å². The van der Waals surface area contributed by atoms with Gasteiger partial charge in [-0.25, -0.2) is 4.79 Å². The molecule has 0 aromatic carbocycles. The first-order valence-electron chi connectivity index (χ1n) is 8.96. The maximum Gasteiger partial charge on any atom is 0.348 e. The first kappa shape index (κ1) is 18.4. The number of carbonyl (C=O) groups excluding carboxylic acids is 1. The number of nitrogens with zero attached hydrogens (tertiary/aromatic N) is 1. The van der Waals surface area contributed by atoms with Gasteiger partial charge in [0.2, 0.25) is 0 Å². The molecule has 2 aliphatic rings. The molecule has 3 nitrogen and oxygen atoms in total. The summed E-state index contributed by atoms with van der Waals surface area (Å²) in [6.45, 7) is 5.52. The van der Waals surface area contributed by atoms with Crippen LogP contribution in [0.25, 0.3) is 5.57 Å². The number of carbonyl (C=O) groups is 1. The second-order valence-electron chi connectivity index (χ2n) is 6.74. The van der Waals surface area contributed by atoms with Crippen molar-refractivity contribution in [2.24, 2.45) is 5.92 Å². The van der Waals surface area contributed by atoms with Crippen LogP contribution in [0, 0.1) is 8.80 Å². The normalized spacial score (nSPS) is 20.5. The second-order valence-corrected chi connectivity index (χ2v) is 9.69. The summed E-state index contributed by atoms with van der Waals surface area (Å²) in [7, 11) is 1.48. The van der Waals surface area contributed by atoms with Crippen molar-refractivity contribution in [3.63, 3.8) is 0 Å². The molecule has 0 radical (unpaired) electrons. The van der Waals surface area contributed by atoms with Crippen molar-refractivity contribution in [1.29, 1.82) is 0 Å². The molecule has 0 N–H and O–H groups in total. The lowest BCUT2D eigenvalue weighted by Gasteiger charge is -2.35. The molecule has 5 heteroatoms. The van der Waals surface area contributed by atoms with Gasteiger partial charge in [-0.1, -0.05) is 26.2 Å². The third kappa shape index (κ3) is 3.88. The highest BCUT2D eigenvalue weighted by Crippen LogP contribution is 2.41. The van der Waals surface area contributed by atoms with Crippen LogP contribution in [-0.2, 0) is 4.74 Å². The molecule has 1 aliphatic heterocycles. The van der Waals surface area contributed by atoms with Crippen LogP contribution in [0.3, 0.4) is 0 Å². The lowest BCUT2D eigenvalue weighted by Crippen LogP contribution is -2.34. The van der Waals surface area contributed by atoms with Crippen molar-refractivity contribution in [2.75, 3.05) is 26.7 Å². The highest BCUT2D eigenvalue weighted by molar-refractivity contribution is 14.1. The van der Waals surface area contributed by atoms with E-state index in [1.807, 2.05) is 0 Å². The van der Waals surface area contributed by atoms with Gasteiger partial charge in [0.1, 0.15) is 4.88 Å². The van der Waals surface area contributed by atoms with Gasteiger partial charge in [-0.15, -0.1) is 11.3 Å². The Morgan fingerprint density at radius 2 is 2.12 bits per heavy atom. The summed E-state index contributed by atoms with van der Waals surface area (Å²) in [4.78, 5) is 15.6. The van der Waals surface area contributed by atoms with Gasteiger partial charge in [-0.2, -0.15) is 0 Å². The summed E-state index contributed by atoms with van der Waals surface area (Å²) < 4.78 is 6.20. The van der Waals surface area contributed by atoms with E-state index in [1.54, 1.807) is 16.9 Å². The Kier molecular flexibility index (Phi) is 6.38. The van der Waals surface area contributed by atoms with Crippen LogP contribution in [-0.4, -0.2) is 37.6 Å². The van der Waals surface area contributed by atoms with E-state index in [4.69, 9.17) is 4.74 Å². The minimum Gasteiger partial charge on any atom is -0.465 e. The third-order valence-corrected chi connectivity index (χ3v) is 7.28. The fraction of sp³-hybridized carbons (Fsp3) is 0.632. The zero-order valence-corrected chi connectivity index (χ0v) is 17.5. The number of ether oxygens (including phenoxy) is 1. The molecule has 24 heavy (non-hydrogen) atoms. The number of thiophene rings is 1. The van der Waals surface area contributed by atoms with Gasteiger partial charge in [-0.05, 0) is 71.5 Å². The monoisotopic (exact) mass is 459 g/mol. The zero-order valence-electron chi connectivity index (χ0n) is 14.6. The van der Waals surface area contributed by atoms with Gasteiger partial charge in [0.15, 0.2) is 0 Å². The van der Waals surface area contributed by atoms with Crippen LogP contribution in [0.1, 0.15) is 60.7 Å². The summed E-state index contributed by atoms with van der Waals surface area (Å²) >= 11 is 3.88. The van der Waals surface area contributed by atoms with Crippen molar-refractivity contribution in [1.82, 2.24) is 4.90 Å². The Morgan fingerprint density at radius 1 is 1.38 bits per heavy atom. The molecule has 0 atom stereocenters. The van der Waals surface area contributed by atoms with E-state index in [0.29, 0.717) is 5.92 Å². The lowest BCUT2D eigenvalue weighted by molar-refractivity contribution is 0.0606. The van der Waals surface area contributed by atoms with Crippen LogP contribution in [0.2, 0.25) is 0 Å². The van der Waals surface area contributed by atoms with Crippen LogP contribution in [0.4, 0.5) is 0 Å². The largest absolute Gasteiger partial charge is 0.465 e. The third-order valence-electron chi connectivity index (χ3n) is 5.40. The summed E-state index contributed by atoms with van der Waals surface area (Å²) in [5.41, 5.74) is 4.18. The second kappa shape index (κ2) is 8.32. The van der Waals surface area contributed by atoms with Gasteiger partial charge in [-0.3, -0.25) is 4.90 Å². The van der Waals surface area contributed by atoms with E-state index >= 15 is 0 Å². The van der Waals surface area contributed by atoms with Crippen molar-refractivity contribution in [3.8, 4) is 0 Å². The number of halogens is 1. The molecule has 132 valence electrons. The highest BCUT2D eigenvalue weighted by atomic mass is 127. The zero-order chi connectivity index (χ0) is 17.1. The maximum absolute atomic E-state index is 12.2. The van der Waals surface area contributed by atoms with E-state index < -0.39 is 0 Å². The Bertz CT molecular complexity index is 631. The number of hydrogen-bond donors (Lipinski definition) is 0. The first-order chi connectivity index (χ1) is 11.6. The number of hydrogen-bond acceptors (Lipinski definition) is 4. The Labute approximate surface area is 162 Å². The molecule has 0 amide bonds. The molecule has 1 aromatic heterocycles. The highest BCUT2D eigenvalue weighted by Gasteiger charge is 2.29. The van der Waals surface area contributed by atoms with E-state index in [0.717, 1.165) is 39.4 Å². The molecule has 1 fully saturated rings. The topological polar surface area (TPSA) is 29.5 Å². The van der Waals surface area contributed by atoms with Crippen LogP contribution in [0.5, 0.6) is 0 Å². The van der Waals surface area contributed by atoms with Gasteiger partial charge < -0.3 is 4.74 Å². The number of likely N-dealkylation sites (N-methyl/N-ethyl adjacent to an activating group) is 1. The maximum atomic E-state index is 12.2. The SMILES string of the molecule is CCN1CCC(c2cc(I)sc2C(=O)OC)=C(C2CCCCC2)C1. The average molecular weight is 459 g/mol. The number of esters is 1. The average Bonchev–Trinajstić information content (AvgIpc) is 3.02. The molecule has 1 aliphatic carbocycles. The molecular formula is C19H26INO2S.